The molecule has 0 fully saturated rings. The van der Waals surface area contributed by atoms with Crippen LogP contribution in [-0.4, -0.2) is 20.7 Å². The van der Waals surface area contributed by atoms with Gasteiger partial charge in [0, 0.05) is 19.4 Å². The number of fused-ring (bicyclic) bond motifs is 2. The Bertz CT molecular complexity index is 722. The van der Waals surface area contributed by atoms with Crippen molar-refractivity contribution in [1.29, 1.82) is 0 Å². The van der Waals surface area contributed by atoms with E-state index in [0.29, 0.717) is 18.9 Å². The van der Waals surface area contributed by atoms with Crippen LogP contribution in [0.5, 0.6) is 0 Å². The van der Waals surface area contributed by atoms with E-state index in [1.807, 2.05) is 0 Å². The lowest BCUT2D eigenvalue weighted by molar-refractivity contribution is -0.121. The summed E-state index contributed by atoms with van der Waals surface area (Å²) in [6, 6.07) is 8.48. The van der Waals surface area contributed by atoms with Gasteiger partial charge in [0.25, 0.3) is 0 Å². The molecule has 1 atom stereocenters. The average Bonchev–Trinajstić information content (AvgIpc) is 3.18. The monoisotopic (exact) mass is 310 g/mol. The van der Waals surface area contributed by atoms with Crippen LogP contribution in [0.1, 0.15) is 54.4 Å². The van der Waals surface area contributed by atoms with Crippen molar-refractivity contribution < 1.29 is 4.79 Å². The molecule has 0 spiro atoms. The quantitative estimate of drug-likeness (QED) is 0.943. The summed E-state index contributed by atoms with van der Waals surface area (Å²) in [5.74, 6) is 2.42. The zero-order chi connectivity index (χ0) is 15.6. The average molecular weight is 310 g/mol. The molecule has 1 aliphatic heterocycles. The summed E-state index contributed by atoms with van der Waals surface area (Å²) in [4.78, 5) is 12.3. The third kappa shape index (κ3) is 2.87. The van der Waals surface area contributed by atoms with Crippen LogP contribution in [0.25, 0.3) is 0 Å². The van der Waals surface area contributed by atoms with Gasteiger partial charge in [-0.2, -0.15) is 0 Å². The molecular formula is C18H22N4O. The fourth-order valence-electron chi connectivity index (χ4n) is 3.83. The first kappa shape index (κ1) is 14.4. The predicted molar refractivity (Wildman–Crippen MR) is 86.9 cm³/mol. The minimum absolute atomic E-state index is 0.111. The lowest BCUT2D eigenvalue weighted by Gasteiger charge is -2.15. The molecule has 23 heavy (non-hydrogen) atoms. The lowest BCUT2D eigenvalue weighted by atomic mass is 9.97. The molecule has 1 aromatic heterocycles. The summed E-state index contributed by atoms with van der Waals surface area (Å²) in [6.45, 7) is 1.46. The topological polar surface area (TPSA) is 59.8 Å². The molecule has 0 saturated carbocycles. The van der Waals surface area contributed by atoms with E-state index in [9.17, 15) is 4.79 Å². The molecule has 4 rings (SSSR count). The highest BCUT2D eigenvalue weighted by atomic mass is 16.1. The molecule has 0 bridgehead atoms. The van der Waals surface area contributed by atoms with Gasteiger partial charge >= 0.3 is 0 Å². The molecule has 1 amide bonds. The zero-order valence-corrected chi connectivity index (χ0v) is 13.3. The van der Waals surface area contributed by atoms with E-state index in [1.54, 1.807) is 0 Å². The van der Waals surface area contributed by atoms with Gasteiger partial charge in [-0.25, -0.2) is 0 Å². The number of nitrogens with zero attached hydrogens (tertiary/aromatic N) is 3. The van der Waals surface area contributed by atoms with Gasteiger partial charge in [-0.1, -0.05) is 24.3 Å². The van der Waals surface area contributed by atoms with Crippen LogP contribution in [-0.2, 0) is 30.7 Å². The first-order valence-electron chi connectivity index (χ1n) is 8.57. The van der Waals surface area contributed by atoms with Gasteiger partial charge < -0.3 is 9.88 Å². The maximum absolute atomic E-state index is 12.3. The van der Waals surface area contributed by atoms with Crippen molar-refractivity contribution in [2.45, 2.75) is 57.5 Å². The molecule has 2 aromatic rings. The Hall–Kier alpha value is -2.17. The Kier molecular flexibility index (Phi) is 3.85. The van der Waals surface area contributed by atoms with Gasteiger partial charge in [0.15, 0.2) is 5.82 Å². The van der Waals surface area contributed by atoms with E-state index in [2.05, 4.69) is 44.3 Å². The standard InChI is InChI=1S/C18H22N4O/c23-18(11-14-9-8-13-5-1-2-6-15(13)14)19-12-17-21-20-16-7-3-4-10-22(16)17/h1-2,5-6,14H,3-4,7-12H2,(H,19,23)/t14-/m0/s1. The molecule has 0 saturated heterocycles. The maximum atomic E-state index is 12.3. The highest BCUT2D eigenvalue weighted by Gasteiger charge is 2.24. The number of carbonyl (C=O) groups is 1. The minimum Gasteiger partial charge on any atom is -0.349 e. The van der Waals surface area contributed by atoms with E-state index in [4.69, 9.17) is 0 Å². The van der Waals surface area contributed by atoms with Gasteiger partial charge in [0.2, 0.25) is 5.91 Å². The molecule has 5 heteroatoms. The first-order chi connectivity index (χ1) is 11.3. The summed E-state index contributed by atoms with van der Waals surface area (Å²) >= 11 is 0. The van der Waals surface area contributed by atoms with E-state index in [0.717, 1.165) is 37.5 Å². The molecule has 1 aromatic carbocycles. The van der Waals surface area contributed by atoms with Crippen molar-refractivity contribution in [3.63, 3.8) is 0 Å². The van der Waals surface area contributed by atoms with Crippen LogP contribution in [0.15, 0.2) is 24.3 Å². The number of aryl methyl sites for hydroxylation is 2. The van der Waals surface area contributed by atoms with E-state index in [1.165, 1.54) is 24.0 Å². The molecule has 1 aliphatic carbocycles. The van der Waals surface area contributed by atoms with Crippen LogP contribution in [0.4, 0.5) is 0 Å². The van der Waals surface area contributed by atoms with Crippen molar-refractivity contribution in [3.8, 4) is 0 Å². The number of aromatic nitrogens is 3. The number of carbonyl (C=O) groups excluding carboxylic acids is 1. The van der Waals surface area contributed by atoms with E-state index >= 15 is 0 Å². The predicted octanol–water partition coefficient (Wildman–Crippen LogP) is 2.35. The van der Waals surface area contributed by atoms with Crippen LogP contribution in [0, 0.1) is 0 Å². The summed E-state index contributed by atoms with van der Waals surface area (Å²) in [6.07, 6.45) is 6.09. The second kappa shape index (κ2) is 6.14. The van der Waals surface area contributed by atoms with Gasteiger partial charge in [-0.05, 0) is 42.7 Å². The van der Waals surface area contributed by atoms with Crippen LogP contribution in [0.2, 0.25) is 0 Å². The Labute approximate surface area is 136 Å². The Morgan fingerprint density at radius 3 is 3.09 bits per heavy atom. The molecular weight excluding hydrogens is 288 g/mol. The zero-order valence-electron chi connectivity index (χ0n) is 13.3. The van der Waals surface area contributed by atoms with Crippen molar-refractivity contribution in [2.24, 2.45) is 0 Å². The molecule has 120 valence electrons. The van der Waals surface area contributed by atoms with Crippen molar-refractivity contribution >= 4 is 5.91 Å². The number of hydrogen-bond donors (Lipinski definition) is 1. The molecule has 2 aliphatic rings. The number of rotatable bonds is 4. The number of benzene rings is 1. The van der Waals surface area contributed by atoms with Crippen molar-refractivity contribution in [2.75, 3.05) is 0 Å². The smallest absolute Gasteiger partial charge is 0.220 e. The fourth-order valence-corrected chi connectivity index (χ4v) is 3.83. The van der Waals surface area contributed by atoms with Gasteiger partial charge in [0.05, 0.1) is 6.54 Å². The molecule has 0 unspecified atom stereocenters. The Morgan fingerprint density at radius 2 is 2.13 bits per heavy atom. The lowest BCUT2D eigenvalue weighted by Crippen LogP contribution is -2.26. The van der Waals surface area contributed by atoms with Crippen LogP contribution < -0.4 is 5.32 Å². The molecule has 1 N–H and O–H groups in total. The van der Waals surface area contributed by atoms with E-state index in [-0.39, 0.29) is 5.91 Å². The second-order valence-corrected chi connectivity index (χ2v) is 6.56. The number of nitrogens with one attached hydrogen (secondary N) is 1. The van der Waals surface area contributed by atoms with E-state index < -0.39 is 0 Å². The van der Waals surface area contributed by atoms with Crippen molar-refractivity contribution in [3.05, 3.63) is 47.0 Å². The van der Waals surface area contributed by atoms with Crippen LogP contribution >= 0.6 is 0 Å². The molecule has 2 heterocycles. The molecule has 5 nitrogen and oxygen atoms in total. The number of amides is 1. The maximum Gasteiger partial charge on any atom is 0.220 e. The van der Waals surface area contributed by atoms with Gasteiger partial charge in [0.1, 0.15) is 5.82 Å². The van der Waals surface area contributed by atoms with Gasteiger partial charge in [-0.15, -0.1) is 10.2 Å². The van der Waals surface area contributed by atoms with Crippen LogP contribution in [0.3, 0.4) is 0 Å². The summed E-state index contributed by atoms with van der Waals surface area (Å²) < 4.78 is 2.16. The number of hydrogen-bond acceptors (Lipinski definition) is 3. The van der Waals surface area contributed by atoms with Gasteiger partial charge in [-0.3, -0.25) is 4.79 Å². The summed E-state index contributed by atoms with van der Waals surface area (Å²) in [5.41, 5.74) is 2.75. The Balaban J connectivity index is 1.35. The van der Waals surface area contributed by atoms with Crippen molar-refractivity contribution in [1.82, 2.24) is 20.1 Å². The second-order valence-electron chi connectivity index (χ2n) is 6.56. The Morgan fingerprint density at radius 1 is 1.22 bits per heavy atom. The SMILES string of the molecule is O=C(C[C@@H]1CCc2ccccc21)NCc1nnc2n1CCCC2. The highest BCUT2D eigenvalue weighted by Crippen LogP contribution is 2.35. The highest BCUT2D eigenvalue weighted by molar-refractivity contribution is 5.77. The first-order valence-corrected chi connectivity index (χ1v) is 8.57. The summed E-state index contributed by atoms with van der Waals surface area (Å²) in [7, 11) is 0. The fraction of sp³-hybridized carbons (Fsp3) is 0.500. The normalized spacial score (nSPS) is 19.2. The minimum atomic E-state index is 0.111. The largest absolute Gasteiger partial charge is 0.349 e. The molecule has 0 radical (unpaired) electrons. The third-order valence-electron chi connectivity index (χ3n) is 5.07. The summed E-state index contributed by atoms with van der Waals surface area (Å²) in [5, 5.41) is 11.5. The third-order valence-corrected chi connectivity index (χ3v) is 5.07.